The van der Waals surface area contributed by atoms with Gasteiger partial charge < -0.3 is 18.9 Å². The Balaban J connectivity index is 1.38. The Hall–Kier alpha value is -3.28. The summed E-state index contributed by atoms with van der Waals surface area (Å²) < 4.78 is 26.6. The van der Waals surface area contributed by atoms with Crippen LogP contribution in [0.3, 0.4) is 0 Å². The molecule has 0 bridgehead atoms. The summed E-state index contributed by atoms with van der Waals surface area (Å²) in [6.07, 6.45) is 0.000942. The lowest BCUT2D eigenvalue weighted by atomic mass is 9.81. The van der Waals surface area contributed by atoms with Crippen LogP contribution in [0.25, 0.3) is 0 Å². The Labute approximate surface area is 232 Å². The van der Waals surface area contributed by atoms with Crippen LogP contribution in [0.2, 0.25) is 0 Å². The number of hydrogen-bond donors (Lipinski definition) is 0. The lowest BCUT2D eigenvalue weighted by Gasteiger charge is -2.45. The standard InChI is InChI=1S/C35H38O4/c1-27-22-32(36-23-28-14-6-2-7-15-28)34(38-25-30-18-10-4-11-19-30)35(39-26-31-20-12-5-13-21-31)33(27)37-24-29-16-8-3-9-17-29/h2-21,27,32-35H,22-26H2,1H3/t27-,32?,33?,34-,35-/m0/s1. The van der Waals surface area contributed by atoms with E-state index in [4.69, 9.17) is 18.9 Å². The molecule has 5 rings (SSSR count). The van der Waals surface area contributed by atoms with Crippen molar-refractivity contribution in [1.82, 2.24) is 0 Å². The highest BCUT2D eigenvalue weighted by Gasteiger charge is 2.46. The number of hydrogen-bond acceptors (Lipinski definition) is 4. The normalized spacial score (nSPS) is 22.9. The quantitative estimate of drug-likeness (QED) is 0.195. The highest BCUT2D eigenvalue weighted by molar-refractivity contribution is 5.16. The van der Waals surface area contributed by atoms with Crippen molar-refractivity contribution in [3.05, 3.63) is 144 Å². The van der Waals surface area contributed by atoms with Gasteiger partial charge in [-0.3, -0.25) is 0 Å². The average Bonchev–Trinajstić information content (AvgIpc) is 3.00. The molecule has 0 aromatic heterocycles. The third-order valence-corrected chi connectivity index (χ3v) is 7.34. The van der Waals surface area contributed by atoms with E-state index in [1.807, 2.05) is 72.8 Å². The van der Waals surface area contributed by atoms with E-state index in [1.165, 1.54) is 0 Å². The summed E-state index contributed by atoms with van der Waals surface area (Å²) in [7, 11) is 0. The van der Waals surface area contributed by atoms with E-state index in [0.29, 0.717) is 26.4 Å². The second kappa shape index (κ2) is 14.2. The van der Waals surface area contributed by atoms with Gasteiger partial charge >= 0.3 is 0 Å². The summed E-state index contributed by atoms with van der Waals surface area (Å²) in [6, 6.07) is 41.2. The average molecular weight is 523 g/mol. The van der Waals surface area contributed by atoms with E-state index in [2.05, 4.69) is 55.5 Å². The van der Waals surface area contributed by atoms with Gasteiger partial charge in [-0.1, -0.05) is 128 Å². The molecule has 0 saturated heterocycles. The third-order valence-electron chi connectivity index (χ3n) is 7.34. The van der Waals surface area contributed by atoms with Gasteiger partial charge in [-0.05, 0) is 34.6 Å². The minimum atomic E-state index is -0.290. The van der Waals surface area contributed by atoms with Crippen molar-refractivity contribution in [2.24, 2.45) is 5.92 Å². The summed E-state index contributed by atoms with van der Waals surface area (Å²) in [5, 5.41) is 0. The van der Waals surface area contributed by atoms with Crippen molar-refractivity contribution in [3.8, 4) is 0 Å². The first-order valence-corrected chi connectivity index (χ1v) is 13.9. The first kappa shape index (κ1) is 27.3. The molecule has 0 spiro atoms. The monoisotopic (exact) mass is 522 g/mol. The van der Waals surface area contributed by atoms with Gasteiger partial charge in [0.15, 0.2) is 0 Å². The van der Waals surface area contributed by atoms with Crippen LogP contribution in [0.4, 0.5) is 0 Å². The van der Waals surface area contributed by atoms with Crippen molar-refractivity contribution in [2.75, 3.05) is 0 Å². The smallest absolute Gasteiger partial charge is 0.113 e. The van der Waals surface area contributed by atoms with Gasteiger partial charge in [-0.15, -0.1) is 0 Å². The molecule has 1 aliphatic carbocycles. The van der Waals surface area contributed by atoms with Crippen molar-refractivity contribution >= 4 is 0 Å². The van der Waals surface area contributed by atoms with Crippen molar-refractivity contribution in [2.45, 2.75) is 64.2 Å². The van der Waals surface area contributed by atoms with E-state index in [1.54, 1.807) is 0 Å². The van der Waals surface area contributed by atoms with Gasteiger partial charge in [0, 0.05) is 0 Å². The zero-order valence-corrected chi connectivity index (χ0v) is 22.6. The second-order valence-corrected chi connectivity index (χ2v) is 10.3. The Morgan fingerprint density at radius 3 is 1.18 bits per heavy atom. The molecule has 1 saturated carbocycles. The minimum Gasteiger partial charge on any atom is -0.371 e. The zero-order chi connectivity index (χ0) is 26.7. The molecule has 1 fully saturated rings. The molecule has 0 amide bonds. The van der Waals surface area contributed by atoms with Gasteiger partial charge in [0.25, 0.3) is 0 Å². The predicted molar refractivity (Wildman–Crippen MR) is 154 cm³/mol. The van der Waals surface area contributed by atoms with E-state index >= 15 is 0 Å². The van der Waals surface area contributed by atoms with Crippen LogP contribution in [0.15, 0.2) is 121 Å². The number of ether oxygens (including phenoxy) is 4. The van der Waals surface area contributed by atoms with Crippen LogP contribution >= 0.6 is 0 Å². The molecule has 2 unspecified atom stereocenters. The molecule has 1 aliphatic rings. The SMILES string of the molecule is C[C@H]1CC(OCc2ccccc2)[C@H](OCc2ccccc2)[C@@H](OCc2ccccc2)C1OCc1ccccc1. The largest absolute Gasteiger partial charge is 0.371 e. The lowest BCUT2D eigenvalue weighted by Crippen LogP contribution is -2.56. The van der Waals surface area contributed by atoms with Crippen LogP contribution in [-0.4, -0.2) is 24.4 Å². The molecular formula is C35H38O4. The van der Waals surface area contributed by atoms with Gasteiger partial charge in [-0.2, -0.15) is 0 Å². The van der Waals surface area contributed by atoms with Gasteiger partial charge in [0.1, 0.15) is 12.2 Å². The molecule has 4 nitrogen and oxygen atoms in total. The van der Waals surface area contributed by atoms with Crippen molar-refractivity contribution < 1.29 is 18.9 Å². The fraction of sp³-hybridized carbons (Fsp3) is 0.314. The maximum atomic E-state index is 6.69. The van der Waals surface area contributed by atoms with Crippen LogP contribution < -0.4 is 0 Å². The number of benzene rings is 4. The molecule has 39 heavy (non-hydrogen) atoms. The third kappa shape index (κ3) is 7.87. The summed E-state index contributed by atoms with van der Waals surface area (Å²) in [5.74, 6) is 0.229. The van der Waals surface area contributed by atoms with Crippen LogP contribution in [0.5, 0.6) is 0 Å². The van der Waals surface area contributed by atoms with Crippen molar-refractivity contribution in [1.29, 1.82) is 0 Å². The first-order chi connectivity index (χ1) is 19.3. The number of rotatable bonds is 12. The summed E-state index contributed by atoms with van der Waals surface area (Å²) in [6.45, 7) is 4.27. The highest BCUT2D eigenvalue weighted by atomic mass is 16.6. The molecule has 0 heterocycles. The van der Waals surface area contributed by atoms with Crippen LogP contribution in [0, 0.1) is 5.92 Å². The fourth-order valence-electron chi connectivity index (χ4n) is 5.25. The molecule has 4 aromatic rings. The molecule has 0 radical (unpaired) electrons. The van der Waals surface area contributed by atoms with Gasteiger partial charge in [0.05, 0.1) is 38.6 Å². The molecule has 0 aliphatic heterocycles. The highest BCUT2D eigenvalue weighted by Crippen LogP contribution is 2.35. The topological polar surface area (TPSA) is 36.9 Å². The second-order valence-electron chi connectivity index (χ2n) is 10.3. The Morgan fingerprint density at radius 1 is 0.436 bits per heavy atom. The minimum absolute atomic E-state index is 0.124. The van der Waals surface area contributed by atoms with Crippen LogP contribution in [0.1, 0.15) is 35.6 Å². The summed E-state index contributed by atoms with van der Waals surface area (Å²) in [5.41, 5.74) is 4.55. The van der Waals surface area contributed by atoms with E-state index < -0.39 is 0 Å². The summed E-state index contributed by atoms with van der Waals surface area (Å²) >= 11 is 0. The molecule has 0 N–H and O–H groups in total. The molecule has 4 heteroatoms. The van der Waals surface area contributed by atoms with E-state index in [9.17, 15) is 0 Å². The zero-order valence-electron chi connectivity index (χ0n) is 22.6. The maximum Gasteiger partial charge on any atom is 0.113 e. The van der Waals surface area contributed by atoms with E-state index in [0.717, 1.165) is 28.7 Å². The van der Waals surface area contributed by atoms with Crippen molar-refractivity contribution in [3.63, 3.8) is 0 Å². The Bertz CT molecular complexity index is 1220. The molecule has 202 valence electrons. The Morgan fingerprint density at radius 2 is 0.769 bits per heavy atom. The lowest BCUT2D eigenvalue weighted by molar-refractivity contribution is -0.227. The first-order valence-electron chi connectivity index (χ1n) is 13.9. The maximum absolute atomic E-state index is 6.69. The van der Waals surface area contributed by atoms with Gasteiger partial charge in [0.2, 0.25) is 0 Å². The predicted octanol–water partition coefficient (Wildman–Crippen LogP) is 7.37. The molecular weight excluding hydrogens is 484 g/mol. The summed E-state index contributed by atoms with van der Waals surface area (Å²) in [4.78, 5) is 0. The van der Waals surface area contributed by atoms with Crippen LogP contribution in [-0.2, 0) is 45.4 Å². The molecule has 4 aromatic carbocycles. The Kier molecular flexibility index (Phi) is 9.94. The molecule has 5 atom stereocenters. The van der Waals surface area contributed by atoms with Gasteiger partial charge in [-0.25, -0.2) is 0 Å². The van der Waals surface area contributed by atoms with E-state index in [-0.39, 0.29) is 30.3 Å². The fourth-order valence-corrected chi connectivity index (χ4v) is 5.25.